The van der Waals surface area contributed by atoms with Gasteiger partial charge in [0.25, 0.3) is 0 Å². The van der Waals surface area contributed by atoms with Crippen LogP contribution < -0.4 is 0 Å². The number of allylic oxidation sites excluding steroid dienone is 2. The molecule has 2 N–H and O–H groups in total. The van der Waals surface area contributed by atoms with Gasteiger partial charge >= 0.3 is 5.97 Å². The van der Waals surface area contributed by atoms with Crippen LogP contribution in [0.25, 0.3) is 0 Å². The fourth-order valence-corrected chi connectivity index (χ4v) is 7.00. The third-order valence-electron chi connectivity index (χ3n) is 9.87. The Morgan fingerprint density at radius 2 is 1.86 bits per heavy atom. The summed E-state index contributed by atoms with van der Waals surface area (Å²) in [6.45, 7) is 11.9. The maximum absolute atomic E-state index is 13.9. The first-order chi connectivity index (χ1) is 19.9. The number of ether oxygens (including phenoxy) is 4. The summed E-state index contributed by atoms with van der Waals surface area (Å²) < 4.78 is 25.3. The van der Waals surface area contributed by atoms with Crippen molar-refractivity contribution in [3.05, 3.63) is 59.3 Å². The Bertz CT molecular complexity index is 1230. The number of fused-ring (bicyclic) bond motifs is 2. The number of ketones is 1. The highest BCUT2D eigenvalue weighted by molar-refractivity contribution is 6.03. The molecule has 8 nitrogen and oxygen atoms in total. The van der Waals surface area contributed by atoms with Crippen LogP contribution in [0.5, 0.6) is 0 Å². The molecule has 0 aromatic carbocycles. The van der Waals surface area contributed by atoms with Crippen molar-refractivity contribution in [2.45, 2.75) is 109 Å². The van der Waals surface area contributed by atoms with Crippen molar-refractivity contribution in [3.8, 4) is 0 Å². The summed E-state index contributed by atoms with van der Waals surface area (Å²) in [5.41, 5.74) is -0.265. The molecule has 2 bridgehead atoms. The second-order valence-corrected chi connectivity index (χ2v) is 13.0. The van der Waals surface area contributed by atoms with Gasteiger partial charge in [-0.1, -0.05) is 70.6 Å². The first kappa shape index (κ1) is 31.1. The maximum Gasteiger partial charge on any atom is 0.316 e. The monoisotopic (exact) mass is 582 g/mol. The molecule has 2 fully saturated rings. The van der Waals surface area contributed by atoms with Gasteiger partial charge < -0.3 is 29.2 Å². The second-order valence-electron chi connectivity index (χ2n) is 13.0. The lowest BCUT2D eigenvalue weighted by atomic mass is 9.71. The molecule has 1 aliphatic carbocycles. The molecule has 230 valence electrons. The highest BCUT2D eigenvalue weighted by Crippen LogP contribution is 2.45. The van der Waals surface area contributed by atoms with Gasteiger partial charge in [0.05, 0.1) is 24.9 Å². The molecule has 4 heterocycles. The van der Waals surface area contributed by atoms with E-state index in [1.807, 2.05) is 32.1 Å². The number of carbonyl (C=O) groups excluding carboxylic acids is 2. The highest BCUT2D eigenvalue weighted by Gasteiger charge is 2.60. The van der Waals surface area contributed by atoms with Crippen LogP contribution in [0.2, 0.25) is 0 Å². The van der Waals surface area contributed by atoms with Crippen molar-refractivity contribution in [3.63, 3.8) is 0 Å². The van der Waals surface area contributed by atoms with Crippen LogP contribution >= 0.6 is 0 Å². The molecule has 8 heteroatoms. The number of aliphatic hydroxyl groups excluding tert-OH is 1. The van der Waals surface area contributed by atoms with Crippen molar-refractivity contribution < 1.29 is 38.7 Å². The van der Waals surface area contributed by atoms with Gasteiger partial charge in [0, 0.05) is 24.7 Å². The van der Waals surface area contributed by atoms with Gasteiger partial charge in [-0.05, 0) is 49.0 Å². The molecule has 5 rings (SSSR count). The van der Waals surface area contributed by atoms with Crippen LogP contribution in [0.15, 0.2) is 59.3 Å². The van der Waals surface area contributed by atoms with Crippen molar-refractivity contribution >= 4 is 11.8 Å². The lowest BCUT2D eigenvalue weighted by Gasteiger charge is -2.48. The lowest BCUT2D eigenvalue weighted by molar-refractivity contribution is -0.300. The Kier molecular flexibility index (Phi) is 8.85. The van der Waals surface area contributed by atoms with Crippen molar-refractivity contribution in [1.82, 2.24) is 0 Å². The highest BCUT2D eigenvalue weighted by atomic mass is 16.7. The van der Waals surface area contributed by atoms with Crippen LogP contribution in [0.1, 0.15) is 67.2 Å². The molecule has 0 amide bonds. The van der Waals surface area contributed by atoms with Gasteiger partial charge in [0.1, 0.15) is 17.6 Å². The van der Waals surface area contributed by atoms with Crippen LogP contribution in [-0.2, 0) is 28.5 Å². The number of rotatable bonds is 2. The fourth-order valence-electron chi connectivity index (χ4n) is 7.00. The molecule has 0 radical (unpaired) electrons. The minimum absolute atomic E-state index is 0.00822. The Morgan fingerprint density at radius 3 is 2.60 bits per heavy atom. The average Bonchev–Trinajstić information content (AvgIpc) is 3.30. The molecular weight excluding hydrogens is 536 g/mol. The number of Topliss-reactive ketones (excluding diaryl/α,β-unsaturated/α-hetero) is 1. The smallest absolute Gasteiger partial charge is 0.316 e. The quantitative estimate of drug-likeness (QED) is 0.361. The molecule has 2 saturated heterocycles. The zero-order valence-electron chi connectivity index (χ0n) is 25.6. The Morgan fingerprint density at radius 1 is 1.10 bits per heavy atom. The first-order valence-electron chi connectivity index (χ1n) is 15.4. The van der Waals surface area contributed by atoms with Crippen LogP contribution in [0.4, 0.5) is 0 Å². The molecule has 1 spiro atoms. The van der Waals surface area contributed by atoms with E-state index in [0.29, 0.717) is 36.3 Å². The zero-order chi connectivity index (χ0) is 30.4. The third kappa shape index (κ3) is 5.64. The predicted octanol–water partition coefficient (Wildman–Crippen LogP) is 4.52. The van der Waals surface area contributed by atoms with Gasteiger partial charge in [0.15, 0.2) is 17.7 Å². The molecule has 42 heavy (non-hydrogen) atoms. The van der Waals surface area contributed by atoms with E-state index in [9.17, 15) is 19.8 Å². The maximum atomic E-state index is 13.9. The van der Waals surface area contributed by atoms with Crippen LogP contribution in [-0.4, -0.2) is 70.5 Å². The fraction of sp³-hybridized carbons (Fsp3) is 0.647. The zero-order valence-corrected chi connectivity index (χ0v) is 25.6. The summed E-state index contributed by atoms with van der Waals surface area (Å²) >= 11 is 0. The SMILES string of the molecule is CCC(C)C1OC2(C=CC1C)CC1CC(CC=C(C)C(O)C(C)C=CC=C3COC4C(=O)C(C)=CC(C(=O)O1)C34O)O2. The Balaban J connectivity index is 1.55. The van der Waals surface area contributed by atoms with Crippen molar-refractivity contribution in [1.29, 1.82) is 0 Å². The number of carbonyl (C=O) groups is 2. The molecule has 5 aliphatic rings. The first-order valence-corrected chi connectivity index (χ1v) is 15.4. The van der Waals surface area contributed by atoms with E-state index in [1.165, 1.54) is 6.08 Å². The number of aliphatic hydroxyl groups is 2. The van der Waals surface area contributed by atoms with Gasteiger partial charge in [-0.2, -0.15) is 0 Å². The van der Waals surface area contributed by atoms with E-state index in [4.69, 9.17) is 18.9 Å². The number of hydrogen-bond donors (Lipinski definition) is 2. The minimum atomic E-state index is -1.87. The molecule has 0 aromatic rings. The normalized spacial score (nSPS) is 43.3. The van der Waals surface area contributed by atoms with E-state index in [1.54, 1.807) is 19.1 Å². The van der Waals surface area contributed by atoms with Gasteiger partial charge in [-0.3, -0.25) is 9.59 Å². The van der Waals surface area contributed by atoms with Crippen molar-refractivity contribution in [2.75, 3.05) is 6.61 Å². The summed E-state index contributed by atoms with van der Waals surface area (Å²) in [7, 11) is 0. The van der Waals surface area contributed by atoms with Crippen molar-refractivity contribution in [2.24, 2.45) is 23.7 Å². The molecule has 4 aliphatic heterocycles. The second kappa shape index (κ2) is 12.0. The summed E-state index contributed by atoms with van der Waals surface area (Å²) in [5.74, 6) is -2.84. The number of hydrogen-bond acceptors (Lipinski definition) is 8. The minimum Gasteiger partial charge on any atom is -0.462 e. The number of esters is 1. The average molecular weight is 583 g/mol. The lowest BCUT2D eigenvalue weighted by Crippen LogP contribution is -2.57. The van der Waals surface area contributed by atoms with E-state index in [-0.39, 0.29) is 36.4 Å². The molecule has 11 unspecified atom stereocenters. The van der Waals surface area contributed by atoms with E-state index in [0.717, 1.165) is 12.0 Å². The van der Waals surface area contributed by atoms with Crippen LogP contribution in [0, 0.1) is 23.7 Å². The Hall–Kier alpha value is -2.36. The summed E-state index contributed by atoms with van der Waals surface area (Å²) in [5, 5.41) is 23.1. The third-order valence-corrected chi connectivity index (χ3v) is 9.87. The van der Waals surface area contributed by atoms with E-state index >= 15 is 0 Å². The molecule has 11 atom stereocenters. The van der Waals surface area contributed by atoms with Crippen LogP contribution in [0.3, 0.4) is 0 Å². The summed E-state index contributed by atoms with van der Waals surface area (Å²) in [4.78, 5) is 26.9. The van der Waals surface area contributed by atoms with E-state index in [2.05, 4.69) is 26.8 Å². The largest absolute Gasteiger partial charge is 0.462 e. The standard InChI is InChI=1S/C34H46O8/c1-7-19(2)30-22(5)13-14-33(42-30)17-26-16-25(41-33)12-11-21(4)28(35)20(3)9-8-10-24-18-39-31-29(36)23(6)15-27(32(37)40-26)34(24,31)38/h8-11,13-15,19-20,22,25-28,30-31,35,38H,7,12,16-18H2,1-6H3. The van der Waals surface area contributed by atoms with Gasteiger partial charge in [0.2, 0.25) is 0 Å². The van der Waals surface area contributed by atoms with Gasteiger partial charge in [-0.15, -0.1) is 0 Å². The van der Waals surface area contributed by atoms with Gasteiger partial charge in [-0.25, -0.2) is 0 Å². The Labute approximate surface area is 249 Å². The molecule has 0 aromatic heterocycles. The van der Waals surface area contributed by atoms with E-state index < -0.39 is 41.6 Å². The predicted molar refractivity (Wildman–Crippen MR) is 157 cm³/mol. The summed E-state index contributed by atoms with van der Waals surface area (Å²) in [6, 6.07) is 0. The summed E-state index contributed by atoms with van der Waals surface area (Å²) in [6.07, 6.45) is 12.2. The molecule has 0 saturated carbocycles. The topological polar surface area (TPSA) is 112 Å². The molecular formula is C34H46O8.